The Hall–Kier alpha value is -2.32. The summed E-state index contributed by atoms with van der Waals surface area (Å²) in [5.41, 5.74) is 0.325. The number of hydrogen-bond donors (Lipinski definition) is 1. The molecule has 3 rings (SSSR count). The first-order valence-corrected chi connectivity index (χ1v) is 10.7. The molecule has 1 amide bonds. The maximum absolute atomic E-state index is 14.2. The van der Waals surface area contributed by atoms with Gasteiger partial charge in [-0.25, -0.2) is 12.8 Å². The molecular formula is C20H24FN3O3S. The Balaban J connectivity index is 1.81. The molecule has 28 heavy (non-hydrogen) atoms. The van der Waals surface area contributed by atoms with Gasteiger partial charge in [0.25, 0.3) is 5.91 Å². The number of nitrogens with one attached hydrogen (secondary N) is 1. The average Bonchev–Trinajstić information content (AvgIpc) is 2.66. The number of sulfonamides is 1. The summed E-state index contributed by atoms with van der Waals surface area (Å²) in [6.07, 6.45) is 2.56. The maximum Gasteiger partial charge on any atom is 0.254 e. The van der Waals surface area contributed by atoms with Gasteiger partial charge in [-0.15, -0.1) is 0 Å². The van der Waals surface area contributed by atoms with Crippen LogP contribution in [0, 0.1) is 17.7 Å². The molecule has 1 saturated heterocycles. The van der Waals surface area contributed by atoms with E-state index in [0.29, 0.717) is 18.8 Å². The van der Waals surface area contributed by atoms with Crippen LogP contribution in [0.2, 0.25) is 0 Å². The molecule has 150 valence electrons. The summed E-state index contributed by atoms with van der Waals surface area (Å²) in [4.78, 5) is 16.4. The predicted molar refractivity (Wildman–Crippen MR) is 104 cm³/mol. The Labute approximate surface area is 164 Å². The van der Waals surface area contributed by atoms with Gasteiger partial charge in [0.1, 0.15) is 5.82 Å². The number of hydrogen-bond acceptors (Lipinski definition) is 4. The summed E-state index contributed by atoms with van der Waals surface area (Å²) in [6, 6.07) is 8.62. The lowest BCUT2D eigenvalue weighted by molar-refractivity contribution is 0.0946. The lowest BCUT2D eigenvalue weighted by atomic mass is 9.94. The molecule has 0 spiro atoms. The van der Waals surface area contributed by atoms with Gasteiger partial charge in [0.2, 0.25) is 10.0 Å². The minimum Gasteiger partial charge on any atom is -0.346 e. The fourth-order valence-electron chi connectivity index (χ4n) is 3.56. The summed E-state index contributed by atoms with van der Waals surface area (Å²) in [5.74, 6) is -0.946. The first-order chi connectivity index (χ1) is 13.3. The highest BCUT2D eigenvalue weighted by atomic mass is 32.2. The van der Waals surface area contributed by atoms with Crippen molar-refractivity contribution in [3.05, 3.63) is 59.7 Å². The zero-order chi connectivity index (χ0) is 20.3. The summed E-state index contributed by atoms with van der Waals surface area (Å²) in [5, 5.41) is 2.58. The van der Waals surface area contributed by atoms with Crippen molar-refractivity contribution in [3.63, 3.8) is 0 Å². The molecule has 0 bridgehead atoms. The number of rotatable bonds is 5. The fourth-order valence-corrected chi connectivity index (χ4v) is 5.27. The van der Waals surface area contributed by atoms with Gasteiger partial charge < -0.3 is 5.32 Å². The van der Waals surface area contributed by atoms with Crippen LogP contribution in [0.15, 0.2) is 47.5 Å². The van der Waals surface area contributed by atoms with Gasteiger partial charge in [-0.1, -0.05) is 19.9 Å². The van der Waals surface area contributed by atoms with Crippen molar-refractivity contribution in [2.75, 3.05) is 13.1 Å². The first kappa shape index (κ1) is 20.4. The van der Waals surface area contributed by atoms with Crippen molar-refractivity contribution in [3.8, 4) is 0 Å². The lowest BCUT2D eigenvalue weighted by Crippen LogP contribution is -2.42. The van der Waals surface area contributed by atoms with E-state index in [1.807, 2.05) is 13.8 Å². The Bertz CT molecular complexity index is 940. The van der Waals surface area contributed by atoms with E-state index in [1.54, 1.807) is 24.4 Å². The third-order valence-corrected chi connectivity index (χ3v) is 6.64. The first-order valence-electron chi connectivity index (χ1n) is 9.25. The molecule has 1 aromatic carbocycles. The van der Waals surface area contributed by atoms with E-state index < -0.39 is 21.7 Å². The van der Waals surface area contributed by atoms with Crippen LogP contribution in [0.3, 0.4) is 0 Å². The Morgan fingerprint density at radius 1 is 1.21 bits per heavy atom. The summed E-state index contributed by atoms with van der Waals surface area (Å²) in [6.45, 7) is 4.99. The number of aromatic nitrogens is 1. The zero-order valence-electron chi connectivity index (χ0n) is 15.9. The molecule has 0 radical (unpaired) electrons. The van der Waals surface area contributed by atoms with E-state index in [0.717, 1.165) is 18.6 Å². The smallest absolute Gasteiger partial charge is 0.254 e. The van der Waals surface area contributed by atoms with E-state index in [1.165, 1.54) is 10.4 Å². The van der Waals surface area contributed by atoms with Crippen LogP contribution in [0.4, 0.5) is 4.39 Å². The Kier molecular flexibility index (Phi) is 6.10. The van der Waals surface area contributed by atoms with Crippen molar-refractivity contribution in [2.45, 2.75) is 31.7 Å². The molecule has 1 aromatic heterocycles. The molecule has 2 unspecified atom stereocenters. The highest BCUT2D eigenvalue weighted by molar-refractivity contribution is 7.89. The van der Waals surface area contributed by atoms with Crippen LogP contribution in [-0.2, 0) is 16.6 Å². The molecular weight excluding hydrogens is 381 g/mol. The second-order valence-electron chi connectivity index (χ2n) is 7.41. The molecule has 1 aliphatic rings. The van der Waals surface area contributed by atoms with Gasteiger partial charge >= 0.3 is 0 Å². The van der Waals surface area contributed by atoms with Gasteiger partial charge in [-0.05, 0) is 48.6 Å². The molecule has 8 heteroatoms. The standard InChI is InChI=1S/C20H24FN3O3S/c1-14-9-15(2)13-24(12-14)28(26,27)17-6-7-19(21)18(10-17)20(25)23-11-16-5-3-4-8-22-16/h3-8,10,14-15H,9,11-13H2,1-2H3,(H,23,25). The summed E-state index contributed by atoms with van der Waals surface area (Å²) < 4.78 is 41.7. The monoisotopic (exact) mass is 405 g/mol. The molecule has 2 heterocycles. The molecule has 2 aromatic rings. The molecule has 0 aliphatic carbocycles. The highest BCUT2D eigenvalue weighted by Gasteiger charge is 2.32. The number of carbonyl (C=O) groups is 1. The van der Waals surface area contributed by atoms with Gasteiger partial charge in [0, 0.05) is 19.3 Å². The number of amides is 1. The van der Waals surface area contributed by atoms with E-state index in [2.05, 4.69) is 10.3 Å². The van der Waals surface area contributed by atoms with Crippen LogP contribution in [0.5, 0.6) is 0 Å². The minimum absolute atomic E-state index is 0.0711. The van der Waals surface area contributed by atoms with Gasteiger partial charge in [0.05, 0.1) is 22.7 Å². The number of pyridine rings is 1. The van der Waals surface area contributed by atoms with Crippen LogP contribution < -0.4 is 5.32 Å². The third kappa shape index (κ3) is 4.56. The molecule has 0 saturated carbocycles. The maximum atomic E-state index is 14.2. The van der Waals surface area contributed by atoms with Gasteiger partial charge in [-0.2, -0.15) is 4.31 Å². The van der Waals surface area contributed by atoms with E-state index in [4.69, 9.17) is 0 Å². The molecule has 1 N–H and O–H groups in total. The SMILES string of the molecule is CC1CC(C)CN(S(=O)(=O)c2ccc(F)c(C(=O)NCc3ccccn3)c2)C1. The number of carbonyl (C=O) groups excluding carboxylic acids is 1. The highest BCUT2D eigenvalue weighted by Crippen LogP contribution is 2.27. The van der Waals surface area contributed by atoms with Crippen molar-refractivity contribution >= 4 is 15.9 Å². The predicted octanol–water partition coefficient (Wildman–Crippen LogP) is 2.82. The second kappa shape index (κ2) is 8.36. The number of benzene rings is 1. The topological polar surface area (TPSA) is 79.4 Å². The van der Waals surface area contributed by atoms with Crippen LogP contribution >= 0.6 is 0 Å². The number of nitrogens with zero attached hydrogens (tertiary/aromatic N) is 2. The van der Waals surface area contributed by atoms with Gasteiger partial charge in [0.15, 0.2) is 0 Å². The van der Waals surface area contributed by atoms with E-state index >= 15 is 0 Å². The van der Waals surface area contributed by atoms with Crippen LogP contribution in [-0.4, -0.2) is 36.7 Å². The third-order valence-electron chi connectivity index (χ3n) is 4.81. The minimum atomic E-state index is -3.79. The van der Waals surface area contributed by atoms with Crippen molar-refractivity contribution in [1.82, 2.24) is 14.6 Å². The number of halogens is 1. The van der Waals surface area contributed by atoms with E-state index in [-0.39, 0.29) is 28.8 Å². The molecule has 1 aliphatic heterocycles. The summed E-state index contributed by atoms with van der Waals surface area (Å²) in [7, 11) is -3.79. The van der Waals surface area contributed by atoms with E-state index in [9.17, 15) is 17.6 Å². The van der Waals surface area contributed by atoms with Gasteiger partial charge in [-0.3, -0.25) is 9.78 Å². The zero-order valence-corrected chi connectivity index (χ0v) is 16.7. The molecule has 6 nitrogen and oxygen atoms in total. The largest absolute Gasteiger partial charge is 0.346 e. The van der Waals surface area contributed by atoms with Crippen molar-refractivity contribution in [2.24, 2.45) is 11.8 Å². The summed E-state index contributed by atoms with van der Waals surface area (Å²) >= 11 is 0. The van der Waals surface area contributed by atoms with Crippen molar-refractivity contribution < 1.29 is 17.6 Å². The Morgan fingerprint density at radius 2 is 1.93 bits per heavy atom. The normalized spacial score (nSPS) is 20.7. The molecule has 1 fully saturated rings. The lowest BCUT2D eigenvalue weighted by Gasteiger charge is -2.34. The van der Waals surface area contributed by atoms with Crippen LogP contribution in [0.25, 0.3) is 0 Å². The van der Waals surface area contributed by atoms with Crippen LogP contribution in [0.1, 0.15) is 36.3 Å². The second-order valence-corrected chi connectivity index (χ2v) is 9.35. The molecule has 2 atom stereocenters. The Morgan fingerprint density at radius 3 is 2.57 bits per heavy atom. The van der Waals surface area contributed by atoms with Crippen molar-refractivity contribution in [1.29, 1.82) is 0 Å². The quantitative estimate of drug-likeness (QED) is 0.830. The number of piperidine rings is 1. The average molecular weight is 405 g/mol. The fraction of sp³-hybridized carbons (Fsp3) is 0.400.